The number of nitrogens with zero attached hydrogens (tertiary/aromatic N) is 2. The fraction of sp³-hybridized carbons (Fsp3) is 0.611. The van der Waals surface area contributed by atoms with Crippen LogP contribution >= 0.6 is 12.4 Å². The van der Waals surface area contributed by atoms with Crippen LogP contribution in [-0.4, -0.2) is 75.1 Å². The Morgan fingerprint density at radius 1 is 1.16 bits per heavy atom. The Morgan fingerprint density at radius 3 is 2.64 bits per heavy atom. The Morgan fingerprint density at radius 2 is 1.92 bits per heavy atom. The Labute approximate surface area is 178 Å². The third-order valence-electron chi connectivity index (χ3n) is 5.13. The van der Waals surface area contributed by atoms with Gasteiger partial charge < -0.3 is 5.11 Å². The molecular formula is C18H30BiCl2N2O2+3. The summed E-state index contributed by atoms with van der Waals surface area (Å²) in [7, 11) is 0. The molecule has 0 amide bonds. The van der Waals surface area contributed by atoms with Gasteiger partial charge in [-0.1, -0.05) is 24.3 Å². The second-order valence-electron chi connectivity index (χ2n) is 6.71. The molecule has 4 aliphatic rings. The van der Waals surface area contributed by atoms with Gasteiger partial charge in [0.25, 0.3) is 0 Å². The van der Waals surface area contributed by atoms with Gasteiger partial charge in [-0.25, -0.2) is 0 Å². The summed E-state index contributed by atoms with van der Waals surface area (Å²) in [6, 6.07) is 0.640. The first-order valence-electron chi connectivity index (χ1n) is 8.64. The zero-order valence-corrected chi connectivity index (χ0v) is 19.5. The third kappa shape index (κ3) is 5.85. The molecule has 4 unspecified atom stereocenters. The van der Waals surface area contributed by atoms with Crippen LogP contribution in [0.15, 0.2) is 40.9 Å². The van der Waals surface area contributed by atoms with E-state index >= 15 is 0 Å². The minimum atomic E-state index is -0.250. The second kappa shape index (κ2) is 11.2. The zero-order chi connectivity index (χ0) is 16.2. The van der Waals surface area contributed by atoms with E-state index in [0.717, 1.165) is 30.2 Å². The summed E-state index contributed by atoms with van der Waals surface area (Å²) in [5.74, 6) is 0.875. The summed E-state index contributed by atoms with van der Waals surface area (Å²) in [4.78, 5) is 4.26. The number of piperidine rings is 1. The van der Waals surface area contributed by atoms with Crippen molar-refractivity contribution in [2.45, 2.75) is 50.4 Å². The molecular weight excluding hydrogens is 556 g/mol. The molecule has 4 rings (SSSR count). The topological polar surface area (TPSA) is 61.4 Å². The third-order valence-corrected chi connectivity index (χ3v) is 6.94. The first kappa shape index (κ1) is 23.3. The van der Waals surface area contributed by atoms with Crippen LogP contribution in [0.3, 0.4) is 0 Å². The SMILES string of the molecule is Cl.[ClH2+].[OH2+]C1C=CC=C2C=CCN=C21.[OH2+]C1CCCC2CCC[N]([Bi])C12. The number of allylic oxidation sites excluding steroid dienone is 3. The molecule has 140 valence electrons. The predicted octanol–water partition coefficient (Wildman–Crippen LogP) is 0.901. The van der Waals surface area contributed by atoms with Crippen molar-refractivity contribution in [2.24, 2.45) is 10.9 Å². The summed E-state index contributed by atoms with van der Waals surface area (Å²) in [6.07, 6.45) is 16.4. The monoisotopic (exact) mass is 585 g/mol. The number of dihydropyridines is 1. The van der Waals surface area contributed by atoms with Crippen LogP contribution in [0.2, 0.25) is 0 Å². The van der Waals surface area contributed by atoms with Gasteiger partial charge >= 0.3 is 89.7 Å². The van der Waals surface area contributed by atoms with E-state index in [1.54, 1.807) is 0 Å². The summed E-state index contributed by atoms with van der Waals surface area (Å²) in [6.45, 7) is 2.00. The van der Waals surface area contributed by atoms with Crippen LogP contribution < -0.4 is 0 Å². The molecule has 2 aliphatic heterocycles. The second-order valence-corrected chi connectivity index (χ2v) is 8.70. The molecule has 4 N–H and O–H groups in total. The van der Waals surface area contributed by atoms with Crippen molar-refractivity contribution >= 4 is 43.1 Å². The van der Waals surface area contributed by atoms with E-state index < -0.39 is 0 Å². The van der Waals surface area contributed by atoms with Gasteiger partial charge in [-0.3, -0.25) is 4.99 Å². The first-order chi connectivity index (χ1) is 11.2. The number of rotatable bonds is 0. The van der Waals surface area contributed by atoms with Gasteiger partial charge in [0.1, 0.15) is 5.71 Å². The first-order valence-corrected chi connectivity index (χ1v) is 10.2. The predicted molar refractivity (Wildman–Crippen MR) is 106 cm³/mol. The average molecular weight is 586 g/mol. The van der Waals surface area contributed by atoms with Crippen molar-refractivity contribution in [1.29, 1.82) is 0 Å². The van der Waals surface area contributed by atoms with Gasteiger partial charge in [-0.05, 0) is 0 Å². The molecule has 4 atom stereocenters. The molecule has 0 spiro atoms. The van der Waals surface area contributed by atoms with Crippen molar-refractivity contribution in [3.63, 3.8) is 0 Å². The Balaban J connectivity index is 0.000000232. The molecule has 0 aromatic heterocycles. The van der Waals surface area contributed by atoms with E-state index in [-0.39, 0.29) is 37.0 Å². The fourth-order valence-corrected chi connectivity index (χ4v) is 5.90. The van der Waals surface area contributed by atoms with Gasteiger partial charge in [0.15, 0.2) is 0 Å². The van der Waals surface area contributed by atoms with Crippen LogP contribution in [0, 0.1) is 18.3 Å². The summed E-state index contributed by atoms with van der Waals surface area (Å²) < 4.78 is 2.53. The average Bonchev–Trinajstić information content (AvgIpc) is 2.56. The van der Waals surface area contributed by atoms with Crippen molar-refractivity contribution in [3.05, 3.63) is 36.0 Å². The van der Waals surface area contributed by atoms with Crippen LogP contribution in [0.4, 0.5) is 0 Å². The van der Waals surface area contributed by atoms with Crippen LogP contribution in [-0.2, 0) is 0 Å². The molecule has 2 radical (unpaired) electrons. The number of hydrogen-bond acceptors (Lipinski definition) is 2. The molecule has 1 saturated heterocycles. The van der Waals surface area contributed by atoms with E-state index in [1.165, 1.54) is 57.2 Å². The maximum absolute atomic E-state index is 8.00. The zero-order valence-electron chi connectivity index (χ0n) is 14.3. The number of hydrogen-bond donors (Lipinski definition) is 0. The summed E-state index contributed by atoms with van der Waals surface area (Å²) in [5, 5.41) is 15.6. The van der Waals surface area contributed by atoms with Crippen molar-refractivity contribution in [1.82, 2.24) is 2.84 Å². The van der Waals surface area contributed by atoms with Crippen molar-refractivity contribution in [3.8, 4) is 0 Å². The molecule has 0 bridgehead atoms. The Bertz CT molecular complexity index is 535. The normalized spacial score (nSPS) is 33.2. The molecule has 7 heteroatoms. The fourth-order valence-electron chi connectivity index (χ4n) is 3.99. The van der Waals surface area contributed by atoms with Gasteiger partial charge in [0.05, 0.1) is 19.0 Å². The van der Waals surface area contributed by atoms with Gasteiger partial charge in [-0.15, -0.1) is 12.4 Å². The Kier molecular flexibility index (Phi) is 10.4. The van der Waals surface area contributed by atoms with E-state index in [2.05, 4.69) is 7.84 Å². The van der Waals surface area contributed by atoms with Gasteiger partial charge in [0.2, 0.25) is 6.10 Å². The standard InChI is InChI=1S/C9H16NO.C9H9NO.Bi.ClH2.ClH/c2*11-8-5-1-3-7-4-2-6-10-9(7)8;;;/h7-9,11H,1-6H2;1-5,8,11H,6H2;;1H2;1H/q-1;;2*+1;/p+2. The Hall–Kier alpha value is 0.233. The molecule has 0 aromatic carbocycles. The molecule has 1 saturated carbocycles. The molecule has 2 heterocycles. The van der Waals surface area contributed by atoms with Crippen LogP contribution in [0.1, 0.15) is 32.1 Å². The summed E-state index contributed by atoms with van der Waals surface area (Å²) >= 11 is 1.38. The van der Waals surface area contributed by atoms with E-state index in [1.807, 2.05) is 30.4 Å². The molecule has 0 aromatic rings. The van der Waals surface area contributed by atoms with Crippen molar-refractivity contribution in [2.75, 3.05) is 13.1 Å². The van der Waals surface area contributed by atoms with Crippen molar-refractivity contribution < 1.29 is 22.6 Å². The van der Waals surface area contributed by atoms with Gasteiger partial charge in [0, 0.05) is 11.6 Å². The molecule has 4 nitrogen and oxygen atoms in total. The maximum atomic E-state index is 8.00. The van der Waals surface area contributed by atoms with E-state index in [9.17, 15) is 0 Å². The van der Waals surface area contributed by atoms with E-state index in [0.29, 0.717) is 6.04 Å². The molecule has 2 fully saturated rings. The quantitative estimate of drug-likeness (QED) is 0.308. The van der Waals surface area contributed by atoms with Crippen LogP contribution in [0.5, 0.6) is 0 Å². The molecule has 25 heavy (non-hydrogen) atoms. The van der Waals surface area contributed by atoms with Crippen LogP contribution in [0.25, 0.3) is 0 Å². The number of halogens is 2. The summed E-state index contributed by atoms with van der Waals surface area (Å²) in [5.41, 5.74) is 2.01. The number of aliphatic imine (C=N–C) groups is 1. The minimum absolute atomic E-state index is 0. The number of fused-ring (bicyclic) bond motifs is 2. The molecule has 2 aliphatic carbocycles. The van der Waals surface area contributed by atoms with E-state index in [4.69, 9.17) is 10.2 Å². The van der Waals surface area contributed by atoms with Gasteiger partial charge in [-0.2, -0.15) is 0 Å².